The number of hydrogen-bond donors (Lipinski definition) is 0. The van der Waals surface area contributed by atoms with E-state index >= 15 is 0 Å². The summed E-state index contributed by atoms with van der Waals surface area (Å²) in [6.07, 6.45) is 5.18. The van der Waals surface area contributed by atoms with Gasteiger partial charge < -0.3 is 4.74 Å². The van der Waals surface area contributed by atoms with Gasteiger partial charge in [-0.2, -0.15) is 0 Å². The van der Waals surface area contributed by atoms with Gasteiger partial charge in [0.2, 0.25) is 0 Å². The molecule has 5 rings (SSSR count). The van der Waals surface area contributed by atoms with Crippen LogP contribution in [0.4, 0.5) is 5.82 Å². The monoisotopic (exact) mass is 438 g/mol. The van der Waals surface area contributed by atoms with Gasteiger partial charge in [0.05, 0.1) is 17.5 Å². The van der Waals surface area contributed by atoms with Crippen LogP contribution in [0, 0.1) is 5.92 Å². The van der Waals surface area contributed by atoms with Gasteiger partial charge in [0.1, 0.15) is 11.9 Å². The number of hydrogen-bond acceptors (Lipinski definition) is 4. The topological polar surface area (TPSA) is 59.5 Å². The number of ether oxygens (including phenoxy) is 1. The quantitative estimate of drug-likeness (QED) is 0.699. The molecular weight excluding hydrogens is 420 g/mol. The number of carbonyl (C=O) groups excluding carboxylic acids is 2. The number of aromatic nitrogens is 1. The number of nitrogens with zero attached hydrogens (tertiary/aromatic N) is 2. The molecule has 1 amide bonds. The van der Waals surface area contributed by atoms with Crippen molar-refractivity contribution in [3.63, 3.8) is 0 Å². The van der Waals surface area contributed by atoms with Gasteiger partial charge in [0.25, 0.3) is 5.91 Å². The SMILES string of the molecule is O=C1C2=C(OC3CCCCC13)C(=O)N(c1ccccn1)C2c1ccc(Br)cc1. The van der Waals surface area contributed by atoms with Crippen molar-refractivity contribution >= 4 is 33.4 Å². The Balaban J connectivity index is 1.66. The number of carbonyl (C=O) groups is 2. The van der Waals surface area contributed by atoms with Crippen LogP contribution in [-0.4, -0.2) is 22.8 Å². The van der Waals surface area contributed by atoms with Crippen LogP contribution in [0.2, 0.25) is 0 Å². The molecule has 2 aromatic rings. The van der Waals surface area contributed by atoms with Crippen molar-refractivity contribution in [3.05, 3.63) is 70.0 Å². The highest BCUT2D eigenvalue weighted by atomic mass is 79.9. The van der Waals surface area contributed by atoms with Crippen LogP contribution in [0.3, 0.4) is 0 Å². The Morgan fingerprint density at radius 3 is 2.57 bits per heavy atom. The fraction of sp³-hybridized carbons (Fsp3) is 0.318. The first-order valence-corrected chi connectivity index (χ1v) is 10.4. The number of amides is 1. The summed E-state index contributed by atoms with van der Waals surface area (Å²) < 4.78 is 7.10. The van der Waals surface area contributed by atoms with Crippen LogP contribution in [0.15, 0.2) is 64.5 Å². The predicted octanol–water partition coefficient (Wildman–Crippen LogP) is 4.34. The zero-order valence-corrected chi connectivity index (χ0v) is 16.8. The maximum Gasteiger partial charge on any atom is 0.295 e. The number of benzene rings is 1. The van der Waals surface area contributed by atoms with E-state index in [0.29, 0.717) is 11.4 Å². The molecule has 0 N–H and O–H groups in total. The molecule has 1 saturated carbocycles. The zero-order valence-electron chi connectivity index (χ0n) is 15.2. The maximum absolute atomic E-state index is 13.5. The lowest BCUT2D eigenvalue weighted by molar-refractivity contribution is -0.131. The lowest BCUT2D eigenvalue weighted by Gasteiger charge is -2.35. The van der Waals surface area contributed by atoms with E-state index in [1.807, 2.05) is 36.4 Å². The van der Waals surface area contributed by atoms with Crippen LogP contribution < -0.4 is 4.90 Å². The lowest BCUT2D eigenvalue weighted by atomic mass is 9.77. The second kappa shape index (κ2) is 6.85. The maximum atomic E-state index is 13.5. The average Bonchev–Trinajstić information content (AvgIpc) is 3.02. The predicted molar refractivity (Wildman–Crippen MR) is 107 cm³/mol. The zero-order chi connectivity index (χ0) is 19.3. The van der Waals surface area contributed by atoms with E-state index in [1.165, 1.54) is 0 Å². The van der Waals surface area contributed by atoms with Crippen LogP contribution in [0.25, 0.3) is 0 Å². The molecule has 1 aromatic heterocycles. The molecule has 1 fully saturated rings. The Bertz CT molecular complexity index is 971. The van der Waals surface area contributed by atoms with Crippen LogP contribution in [-0.2, 0) is 14.3 Å². The first kappa shape index (κ1) is 17.6. The van der Waals surface area contributed by atoms with Crippen molar-refractivity contribution < 1.29 is 14.3 Å². The van der Waals surface area contributed by atoms with Crippen molar-refractivity contribution in [1.29, 1.82) is 0 Å². The minimum atomic E-state index is -0.513. The Labute approximate surface area is 171 Å². The van der Waals surface area contributed by atoms with Gasteiger partial charge in [-0.05, 0) is 49.1 Å². The van der Waals surface area contributed by atoms with E-state index in [4.69, 9.17) is 4.74 Å². The fourth-order valence-electron chi connectivity index (χ4n) is 4.54. The summed E-state index contributed by atoms with van der Waals surface area (Å²) in [5.74, 6) is 0.368. The number of halogens is 1. The molecule has 3 heterocycles. The third-order valence-corrected chi connectivity index (χ3v) is 6.37. The van der Waals surface area contributed by atoms with E-state index < -0.39 is 6.04 Å². The van der Waals surface area contributed by atoms with Gasteiger partial charge in [-0.3, -0.25) is 14.5 Å². The fourth-order valence-corrected chi connectivity index (χ4v) is 4.80. The minimum Gasteiger partial charge on any atom is -0.483 e. The standard InChI is InChI=1S/C22H19BrN2O3/c23-14-10-8-13(9-11-14)19-18-20(26)15-5-1-2-6-16(15)28-21(18)22(27)25(19)17-7-3-4-12-24-17/h3-4,7-12,15-16,19H,1-2,5-6H2. The average molecular weight is 439 g/mol. The van der Waals surface area contributed by atoms with Gasteiger partial charge in [-0.25, -0.2) is 4.98 Å². The molecule has 1 aromatic carbocycles. The molecule has 0 saturated heterocycles. The molecule has 0 spiro atoms. The van der Waals surface area contributed by atoms with E-state index in [-0.39, 0.29) is 29.5 Å². The molecule has 142 valence electrons. The van der Waals surface area contributed by atoms with Gasteiger partial charge >= 0.3 is 0 Å². The highest BCUT2D eigenvalue weighted by Gasteiger charge is 2.52. The number of ketones is 1. The normalized spacial score (nSPS) is 26.8. The summed E-state index contributed by atoms with van der Waals surface area (Å²) in [4.78, 5) is 32.8. The highest BCUT2D eigenvalue weighted by molar-refractivity contribution is 9.10. The van der Waals surface area contributed by atoms with Gasteiger partial charge in [-0.15, -0.1) is 0 Å². The summed E-state index contributed by atoms with van der Waals surface area (Å²) in [5.41, 5.74) is 1.36. The Morgan fingerprint density at radius 2 is 1.82 bits per heavy atom. The number of pyridine rings is 1. The molecule has 0 radical (unpaired) electrons. The van der Waals surface area contributed by atoms with Crippen molar-refractivity contribution in [2.24, 2.45) is 5.92 Å². The smallest absolute Gasteiger partial charge is 0.295 e. The molecule has 0 bridgehead atoms. The number of Topliss-reactive ketones (excluding diaryl/α,β-unsaturated/α-hetero) is 1. The van der Waals surface area contributed by atoms with Crippen LogP contribution in [0.5, 0.6) is 0 Å². The summed E-state index contributed by atoms with van der Waals surface area (Å²) in [6.45, 7) is 0. The second-order valence-electron chi connectivity index (χ2n) is 7.47. The van der Waals surface area contributed by atoms with Crippen LogP contribution in [0.1, 0.15) is 37.3 Å². The number of fused-ring (bicyclic) bond motifs is 1. The van der Waals surface area contributed by atoms with Crippen molar-refractivity contribution in [2.45, 2.75) is 37.8 Å². The number of rotatable bonds is 2. The largest absolute Gasteiger partial charge is 0.483 e. The van der Waals surface area contributed by atoms with Crippen molar-refractivity contribution in [1.82, 2.24) is 4.98 Å². The molecule has 5 nitrogen and oxygen atoms in total. The Morgan fingerprint density at radius 1 is 1.04 bits per heavy atom. The third-order valence-electron chi connectivity index (χ3n) is 5.85. The van der Waals surface area contributed by atoms with Crippen molar-refractivity contribution in [2.75, 3.05) is 4.90 Å². The summed E-state index contributed by atoms with van der Waals surface area (Å²) >= 11 is 3.46. The molecule has 3 aliphatic rings. The summed E-state index contributed by atoms with van der Waals surface area (Å²) in [5, 5.41) is 0. The molecule has 6 heteroatoms. The lowest BCUT2D eigenvalue weighted by Crippen LogP contribution is -2.39. The Kier molecular flexibility index (Phi) is 4.31. The van der Waals surface area contributed by atoms with E-state index in [2.05, 4.69) is 20.9 Å². The van der Waals surface area contributed by atoms with Gasteiger partial charge in [-0.1, -0.05) is 40.5 Å². The highest BCUT2D eigenvalue weighted by Crippen LogP contribution is 2.47. The molecule has 3 atom stereocenters. The van der Waals surface area contributed by atoms with E-state index in [1.54, 1.807) is 17.2 Å². The number of anilines is 1. The molecule has 2 aliphatic heterocycles. The molecular formula is C22H19BrN2O3. The Hall–Kier alpha value is -2.47. The summed E-state index contributed by atoms with van der Waals surface area (Å²) in [6, 6.07) is 12.7. The van der Waals surface area contributed by atoms with E-state index in [9.17, 15) is 9.59 Å². The van der Waals surface area contributed by atoms with Gasteiger partial charge in [0.15, 0.2) is 11.5 Å². The molecule has 1 aliphatic carbocycles. The van der Waals surface area contributed by atoms with Gasteiger partial charge in [0, 0.05) is 10.7 Å². The van der Waals surface area contributed by atoms with Crippen molar-refractivity contribution in [3.8, 4) is 0 Å². The molecule has 3 unspecified atom stereocenters. The molecule has 28 heavy (non-hydrogen) atoms. The first-order valence-electron chi connectivity index (χ1n) is 9.60. The third kappa shape index (κ3) is 2.70. The second-order valence-corrected chi connectivity index (χ2v) is 8.39. The minimum absolute atomic E-state index is 0.0608. The van der Waals surface area contributed by atoms with E-state index in [0.717, 1.165) is 35.7 Å². The summed E-state index contributed by atoms with van der Waals surface area (Å²) in [7, 11) is 0. The van der Waals surface area contributed by atoms with Crippen LogP contribution >= 0.6 is 15.9 Å². The first-order chi connectivity index (χ1) is 13.6.